The van der Waals surface area contributed by atoms with Gasteiger partial charge in [-0.3, -0.25) is 4.99 Å². The Kier molecular flexibility index (Phi) is 5.08. The number of nitrogens with one attached hydrogen (secondary N) is 1. The number of aliphatic imine (C=N–C) groups is 1. The van der Waals surface area contributed by atoms with Gasteiger partial charge >= 0.3 is 0 Å². The molecule has 0 spiro atoms. The molecule has 0 amide bonds. The number of thioether (sulfide) groups is 1. The average Bonchev–Trinajstić information content (AvgIpc) is 2.86. The molecule has 0 radical (unpaired) electrons. The zero-order chi connectivity index (χ0) is 12.8. The third-order valence-electron chi connectivity index (χ3n) is 2.96. The summed E-state index contributed by atoms with van der Waals surface area (Å²) in [6, 6.07) is 11.2. The fourth-order valence-electron chi connectivity index (χ4n) is 1.88. The van der Waals surface area contributed by atoms with E-state index in [0.717, 1.165) is 23.9 Å². The minimum atomic E-state index is 0.299. The third kappa shape index (κ3) is 3.75. The molecular weight excluding hydrogens is 244 g/mol. The molecule has 1 aliphatic heterocycles. The molecule has 1 aliphatic rings. The predicted molar refractivity (Wildman–Crippen MR) is 78.2 cm³/mol. The fourth-order valence-corrected chi connectivity index (χ4v) is 2.95. The molecule has 4 heteroatoms. The van der Waals surface area contributed by atoms with Crippen LogP contribution in [0.25, 0.3) is 0 Å². The number of amidine groups is 1. The molecule has 2 rings (SSSR count). The molecule has 0 bridgehead atoms. The van der Waals surface area contributed by atoms with Gasteiger partial charge in [-0.1, -0.05) is 42.1 Å². The second-order valence-corrected chi connectivity index (χ2v) is 5.51. The van der Waals surface area contributed by atoms with Gasteiger partial charge in [0.2, 0.25) is 0 Å². The van der Waals surface area contributed by atoms with Crippen molar-refractivity contribution in [1.82, 2.24) is 5.32 Å². The first-order chi connectivity index (χ1) is 8.79. The first-order valence-electron chi connectivity index (χ1n) is 6.30. The van der Waals surface area contributed by atoms with Crippen molar-refractivity contribution in [1.29, 1.82) is 0 Å². The molecule has 2 atom stereocenters. The molecule has 0 aliphatic carbocycles. The Morgan fingerprint density at radius 3 is 2.94 bits per heavy atom. The highest BCUT2D eigenvalue weighted by atomic mass is 32.2. The van der Waals surface area contributed by atoms with Crippen molar-refractivity contribution in [3.8, 4) is 0 Å². The Balaban J connectivity index is 1.88. The Hall–Kier alpha value is -1.00. The van der Waals surface area contributed by atoms with E-state index < -0.39 is 0 Å². The molecule has 0 saturated heterocycles. The second-order valence-electron chi connectivity index (χ2n) is 4.50. The smallest absolute Gasteiger partial charge is 0.157 e. The van der Waals surface area contributed by atoms with Gasteiger partial charge in [0.15, 0.2) is 5.17 Å². The van der Waals surface area contributed by atoms with E-state index in [1.807, 2.05) is 6.07 Å². The SMILES string of the molecule is COCCC(C)NC1=NC(c2ccccc2)CS1. The van der Waals surface area contributed by atoms with Crippen LogP contribution in [-0.4, -0.2) is 30.7 Å². The van der Waals surface area contributed by atoms with Crippen molar-refractivity contribution in [3.63, 3.8) is 0 Å². The van der Waals surface area contributed by atoms with Crippen LogP contribution in [0.2, 0.25) is 0 Å². The number of rotatable bonds is 5. The molecule has 1 aromatic rings. The van der Waals surface area contributed by atoms with Crippen LogP contribution in [0.5, 0.6) is 0 Å². The van der Waals surface area contributed by atoms with Crippen LogP contribution in [0.1, 0.15) is 24.9 Å². The highest BCUT2D eigenvalue weighted by Gasteiger charge is 2.20. The number of ether oxygens (including phenoxy) is 1. The molecule has 0 fully saturated rings. The van der Waals surface area contributed by atoms with E-state index in [4.69, 9.17) is 9.73 Å². The largest absolute Gasteiger partial charge is 0.385 e. The minimum Gasteiger partial charge on any atom is -0.385 e. The van der Waals surface area contributed by atoms with E-state index >= 15 is 0 Å². The number of nitrogens with zero attached hydrogens (tertiary/aromatic N) is 1. The van der Waals surface area contributed by atoms with Crippen LogP contribution in [-0.2, 0) is 4.74 Å². The maximum Gasteiger partial charge on any atom is 0.157 e. The lowest BCUT2D eigenvalue weighted by Crippen LogP contribution is -2.30. The van der Waals surface area contributed by atoms with Gasteiger partial charge in [-0.25, -0.2) is 0 Å². The van der Waals surface area contributed by atoms with Crippen molar-refractivity contribution in [3.05, 3.63) is 35.9 Å². The summed E-state index contributed by atoms with van der Waals surface area (Å²) in [5.74, 6) is 1.03. The lowest BCUT2D eigenvalue weighted by molar-refractivity contribution is 0.187. The first-order valence-corrected chi connectivity index (χ1v) is 7.29. The van der Waals surface area contributed by atoms with E-state index in [2.05, 4.69) is 36.5 Å². The highest BCUT2D eigenvalue weighted by molar-refractivity contribution is 8.14. The fraction of sp³-hybridized carbons (Fsp3) is 0.500. The summed E-state index contributed by atoms with van der Waals surface area (Å²) >= 11 is 1.81. The standard InChI is InChI=1S/C14H20N2OS/c1-11(8-9-17-2)15-14-16-13(10-18-14)12-6-4-3-5-7-12/h3-7,11,13H,8-10H2,1-2H3,(H,15,16). The van der Waals surface area contributed by atoms with Crippen molar-refractivity contribution in [2.45, 2.75) is 25.4 Å². The summed E-state index contributed by atoms with van der Waals surface area (Å²) in [5, 5.41) is 4.51. The molecular formula is C14H20N2OS. The monoisotopic (exact) mass is 264 g/mol. The summed E-state index contributed by atoms with van der Waals surface area (Å²) in [5.41, 5.74) is 1.30. The molecule has 0 aromatic heterocycles. The average molecular weight is 264 g/mol. The Bertz CT molecular complexity index is 394. The summed E-state index contributed by atoms with van der Waals surface area (Å²) in [6.07, 6.45) is 1.01. The highest BCUT2D eigenvalue weighted by Crippen LogP contribution is 2.29. The van der Waals surface area contributed by atoms with Crippen LogP contribution in [0, 0.1) is 0 Å². The summed E-state index contributed by atoms with van der Waals surface area (Å²) in [7, 11) is 1.74. The quantitative estimate of drug-likeness (QED) is 0.888. The first kappa shape index (κ1) is 13.4. The number of hydrogen-bond acceptors (Lipinski definition) is 4. The van der Waals surface area contributed by atoms with Crippen molar-refractivity contribution in [2.24, 2.45) is 4.99 Å². The summed E-state index contributed by atoms with van der Waals surface area (Å²) in [4.78, 5) is 4.73. The molecule has 98 valence electrons. The van der Waals surface area contributed by atoms with Gasteiger partial charge < -0.3 is 10.1 Å². The lowest BCUT2D eigenvalue weighted by Gasteiger charge is -2.13. The van der Waals surface area contributed by atoms with E-state index in [0.29, 0.717) is 12.1 Å². The van der Waals surface area contributed by atoms with Crippen LogP contribution in [0.3, 0.4) is 0 Å². The van der Waals surface area contributed by atoms with Gasteiger partial charge in [-0.15, -0.1) is 0 Å². The maximum atomic E-state index is 5.08. The van der Waals surface area contributed by atoms with Crippen LogP contribution in [0.4, 0.5) is 0 Å². The van der Waals surface area contributed by atoms with Gasteiger partial charge in [-0.2, -0.15) is 0 Å². The van der Waals surface area contributed by atoms with Gasteiger partial charge in [0, 0.05) is 25.5 Å². The normalized spacial score (nSPS) is 20.6. The lowest BCUT2D eigenvalue weighted by atomic mass is 10.1. The number of hydrogen-bond donors (Lipinski definition) is 1. The molecule has 0 saturated carbocycles. The molecule has 1 aromatic carbocycles. The Morgan fingerprint density at radius 2 is 2.22 bits per heavy atom. The van der Waals surface area contributed by atoms with Gasteiger partial charge in [0.25, 0.3) is 0 Å². The van der Waals surface area contributed by atoms with Gasteiger partial charge in [0.1, 0.15) is 0 Å². The Labute approximate surface area is 113 Å². The summed E-state index contributed by atoms with van der Waals surface area (Å²) in [6.45, 7) is 2.95. The van der Waals surface area contributed by atoms with Crippen molar-refractivity contribution >= 4 is 16.9 Å². The van der Waals surface area contributed by atoms with E-state index in [-0.39, 0.29) is 0 Å². The van der Waals surface area contributed by atoms with Gasteiger partial charge in [0.05, 0.1) is 6.04 Å². The molecule has 18 heavy (non-hydrogen) atoms. The number of benzene rings is 1. The Morgan fingerprint density at radius 1 is 1.44 bits per heavy atom. The molecule has 3 nitrogen and oxygen atoms in total. The predicted octanol–water partition coefficient (Wildman–Crippen LogP) is 2.85. The van der Waals surface area contributed by atoms with Gasteiger partial charge in [-0.05, 0) is 18.9 Å². The third-order valence-corrected chi connectivity index (χ3v) is 3.94. The van der Waals surface area contributed by atoms with Crippen molar-refractivity contribution < 1.29 is 4.74 Å². The van der Waals surface area contributed by atoms with E-state index in [1.54, 1.807) is 18.9 Å². The topological polar surface area (TPSA) is 33.6 Å². The van der Waals surface area contributed by atoms with E-state index in [9.17, 15) is 0 Å². The zero-order valence-corrected chi connectivity index (χ0v) is 11.7. The van der Waals surface area contributed by atoms with Crippen LogP contribution < -0.4 is 5.32 Å². The molecule has 2 unspecified atom stereocenters. The van der Waals surface area contributed by atoms with Crippen LogP contribution in [0.15, 0.2) is 35.3 Å². The maximum absolute atomic E-state index is 5.08. The minimum absolute atomic E-state index is 0.299. The molecule has 1 N–H and O–H groups in total. The summed E-state index contributed by atoms with van der Waals surface area (Å²) < 4.78 is 5.08. The van der Waals surface area contributed by atoms with Crippen molar-refractivity contribution in [2.75, 3.05) is 19.5 Å². The van der Waals surface area contributed by atoms with Crippen LogP contribution >= 0.6 is 11.8 Å². The molecule has 1 heterocycles. The van der Waals surface area contributed by atoms with E-state index in [1.165, 1.54) is 5.56 Å². The number of methoxy groups -OCH3 is 1. The second kappa shape index (κ2) is 6.81. The zero-order valence-electron chi connectivity index (χ0n) is 10.9.